The zero-order chi connectivity index (χ0) is 13.3. The van der Waals surface area contributed by atoms with Crippen molar-refractivity contribution in [3.05, 3.63) is 34.3 Å². The molecule has 0 aliphatic carbocycles. The van der Waals surface area contributed by atoms with Gasteiger partial charge in [-0.3, -0.25) is 4.98 Å². The molecular formula is C13H18N2O3. The molecule has 18 heavy (non-hydrogen) atoms. The quantitative estimate of drug-likeness (QED) is 0.766. The van der Waals surface area contributed by atoms with Gasteiger partial charge < -0.3 is 14.8 Å². The lowest BCUT2D eigenvalue weighted by molar-refractivity contribution is 0.0506. The fourth-order valence-corrected chi connectivity index (χ4v) is 2.14. The SMILES string of the molecule is CNCC(C)(C)C(O)c1ccc2[nH]c(=O)oc2c1. The van der Waals surface area contributed by atoms with Crippen LogP contribution in [0.2, 0.25) is 0 Å². The molecule has 0 bridgehead atoms. The number of rotatable bonds is 4. The molecule has 1 heterocycles. The summed E-state index contributed by atoms with van der Waals surface area (Å²) in [5, 5.41) is 13.4. The Bertz CT molecular complexity index is 598. The average Bonchev–Trinajstić information content (AvgIpc) is 2.66. The lowest BCUT2D eigenvalue weighted by Gasteiger charge is -2.30. The van der Waals surface area contributed by atoms with Crippen molar-refractivity contribution in [3.63, 3.8) is 0 Å². The van der Waals surface area contributed by atoms with Crippen LogP contribution in [0.4, 0.5) is 0 Å². The predicted molar refractivity (Wildman–Crippen MR) is 69.5 cm³/mol. The van der Waals surface area contributed by atoms with Crippen LogP contribution in [0, 0.1) is 5.41 Å². The van der Waals surface area contributed by atoms with Gasteiger partial charge in [0.2, 0.25) is 0 Å². The van der Waals surface area contributed by atoms with E-state index in [9.17, 15) is 9.90 Å². The Morgan fingerprint density at radius 3 is 2.89 bits per heavy atom. The topological polar surface area (TPSA) is 78.3 Å². The number of nitrogens with one attached hydrogen (secondary N) is 2. The van der Waals surface area contributed by atoms with Gasteiger partial charge in [0.1, 0.15) is 0 Å². The molecule has 0 amide bonds. The molecule has 98 valence electrons. The van der Waals surface area contributed by atoms with Gasteiger partial charge in [-0.2, -0.15) is 0 Å². The summed E-state index contributed by atoms with van der Waals surface area (Å²) in [6, 6.07) is 5.25. The first kappa shape index (κ1) is 12.9. The number of benzene rings is 1. The standard InChI is InChI=1S/C13H18N2O3/c1-13(2,7-14-3)11(16)8-4-5-9-10(6-8)18-12(17)15-9/h4-6,11,14,16H,7H2,1-3H3,(H,15,17). The highest BCUT2D eigenvalue weighted by Crippen LogP contribution is 2.33. The van der Waals surface area contributed by atoms with Crippen molar-refractivity contribution in [3.8, 4) is 0 Å². The summed E-state index contributed by atoms with van der Waals surface area (Å²) in [6.07, 6.45) is -0.630. The summed E-state index contributed by atoms with van der Waals surface area (Å²) in [7, 11) is 1.85. The van der Waals surface area contributed by atoms with E-state index < -0.39 is 11.9 Å². The number of aromatic nitrogens is 1. The Morgan fingerprint density at radius 1 is 1.50 bits per heavy atom. The van der Waals surface area contributed by atoms with Crippen molar-refractivity contribution >= 4 is 11.1 Å². The number of aliphatic hydroxyl groups is 1. The summed E-state index contributed by atoms with van der Waals surface area (Å²) >= 11 is 0. The van der Waals surface area contributed by atoms with Gasteiger partial charge in [-0.25, -0.2) is 4.79 Å². The molecule has 0 spiro atoms. The molecule has 0 aliphatic heterocycles. The first-order chi connectivity index (χ1) is 8.44. The highest BCUT2D eigenvalue weighted by molar-refractivity contribution is 5.72. The van der Waals surface area contributed by atoms with E-state index in [1.165, 1.54) is 0 Å². The first-order valence-electron chi connectivity index (χ1n) is 5.89. The minimum absolute atomic E-state index is 0.307. The molecule has 2 rings (SSSR count). The van der Waals surface area contributed by atoms with Crippen LogP contribution in [0.3, 0.4) is 0 Å². The average molecular weight is 250 g/mol. The van der Waals surface area contributed by atoms with Crippen molar-refractivity contribution < 1.29 is 9.52 Å². The second kappa shape index (κ2) is 4.59. The van der Waals surface area contributed by atoms with E-state index in [-0.39, 0.29) is 5.41 Å². The first-order valence-corrected chi connectivity index (χ1v) is 5.89. The predicted octanol–water partition coefficient (Wildman–Crippen LogP) is 1.40. The number of fused-ring (bicyclic) bond motifs is 1. The smallest absolute Gasteiger partial charge is 0.408 e. The maximum Gasteiger partial charge on any atom is 0.417 e. The van der Waals surface area contributed by atoms with Crippen LogP contribution >= 0.6 is 0 Å². The third-order valence-electron chi connectivity index (χ3n) is 3.13. The molecule has 5 heteroatoms. The highest BCUT2D eigenvalue weighted by atomic mass is 16.4. The molecule has 3 N–H and O–H groups in total. The number of aliphatic hydroxyl groups excluding tert-OH is 1. The lowest BCUT2D eigenvalue weighted by atomic mass is 9.82. The van der Waals surface area contributed by atoms with E-state index >= 15 is 0 Å². The molecule has 0 saturated heterocycles. The third-order valence-corrected chi connectivity index (χ3v) is 3.13. The number of H-pyrrole nitrogens is 1. The lowest BCUT2D eigenvalue weighted by Crippen LogP contribution is -2.32. The zero-order valence-electron chi connectivity index (χ0n) is 10.8. The van der Waals surface area contributed by atoms with Crippen LogP contribution in [-0.2, 0) is 0 Å². The van der Waals surface area contributed by atoms with E-state index in [1.54, 1.807) is 18.2 Å². The van der Waals surface area contributed by atoms with Crippen molar-refractivity contribution in [2.24, 2.45) is 5.41 Å². The number of oxazole rings is 1. The Morgan fingerprint density at radius 2 is 2.22 bits per heavy atom. The molecule has 1 atom stereocenters. The van der Waals surface area contributed by atoms with Crippen molar-refractivity contribution in [2.45, 2.75) is 20.0 Å². The normalized spacial score (nSPS) is 14.0. The second-order valence-corrected chi connectivity index (χ2v) is 5.19. The van der Waals surface area contributed by atoms with E-state index in [0.717, 1.165) is 5.56 Å². The minimum atomic E-state index is -0.630. The summed E-state index contributed by atoms with van der Waals surface area (Å²) in [6.45, 7) is 4.64. The minimum Gasteiger partial charge on any atom is -0.408 e. The number of hydrogen-bond donors (Lipinski definition) is 3. The molecule has 0 aliphatic rings. The van der Waals surface area contributed by atoms with E-state index in [1.807, 2.05) is 20.9 Å². The molecule has 1 aromatic carbocycles. The fraction of sp³-hybridized carbons (Fsp3) is 0.462. The molecular weight excluding hydrogens is 232 g/mol. The van der Waals surface area contributed by atoms with Crippen molar-refractivity contribution in [2.75, 3.05) is 13.6 Å². The zero-order valence-corrected chi connectivity index (χ0v) is 10.8. The molecule has 0 fully saturated rings. The summed E-state index contributed by atoms with van der Waals surface area (Å²) < 4.78 is 4.99. The molecule has 0 saturated carbocycles. The maximum absolute atomic E-state index is 11.1. The van der Waals surface area contributed by atoms with Crippen molar-refractivity contribution in [1.82, 2.24) is 10.3 Å². The fourth-order valence-electron chi connectivity index (χ4n) is 2.14. The van der Waals surface area contributed by atoms with Crippen LogP contribution in [0.5, 0.6) is 0 Å². The monoisotopic (exact) mass is 250 g/mol. The third kappa shape index (κ3) is 2.32. The van der Waals surface area contributed by atoms with Crippen LogP contribution in [0.15, 0.2) is 27.4 Å². The summed E-state index contributed by atoms with van der Waals surface area (Å²) in [5.74, 6) is -0.480. The largest absolute Gasteiger partial charge is 0.417 e. The van der Waals surface area contributed by atoms with Gasteiger partial charge in [-0.1, -0.05) is 19.9 Å². The molecule has 5 nitrogen and oxygen atoms in total. The summed E-state index contributed by atoms with van der Waals surface area (Å²) in [4.78, 5) is 13.6. The van der Waals surface area contributed by atoms with Gasteiger partial charge >= 0.3 is 5.76 Å². The Balaban J connectivity index is 2.38. The molecule has 0 radical (unpaired) electrons. The van der Waals surface area contributed by atoms with Crippen LogP contribution < -0.4 is 11.1 Å². The van der Waals surface area contributed by atoms with Gasteiger partial charge in [0.25, 0.3) is 0 Å². The van der Waals surface area contributed by atoms with Gasteiger partial charge in [0.05, 0.1) is 11.6 Å². The van der Waals surface area contributed by atoms with Gasteiger partial charge in [0, 0.05) is 12.0 Å². The molecule has 2 aromatic rings. The molecule has 1 unspecified atom stereocenters. The van der Waals surface area contributed by atoms with Gasteiger partial charge in [-0.05, 0) is 24.7 Å². The van der Waals surface area contributed by atoms with Crippen molar-refractivity contribution in [1.29, 1.82) is 0 Å². The van der Waals surface area contributed by atoms with Crippen LogP contribution in [0.1, 0.15) is 25.5 Å². The maximum atomic E-state index is 11.1. The van der Waals surface area contributed by atoms with E-state index in [2.05, 4.69) is 10.3 Å². The Kier molecular flexibility index (Phi) is 3.28. The summed E-state index contributed by atoms with van der Waals surface area (Å²) in [5.41, 5.74) is 1.55. The Hall–Kier alpha value is -1.59. The van der Waals surface area contributed by atoms with E-state index in [4.69, 9.17) is 4.42 Å². The van der Waals surface area contributed by atoms with E-state index in [0.29, 0.717) is 17.6 Å². The second-order valence-electron chi connectivity index (χ2n) is 5.19. The van der Waals surface area contributed by atoms with Gasteiger partial charge in [-0.15, -0.1) is 0 Å². The Labute approximate surface area is 105 Å². The number of hydrogen-bond acceptors (Lipinski definition) is 4. The number of aromatic amines is 1. The van der Waals surface area contributed by atoms with Crippen LogP contribution in [-0.4, -0.2) is 23.7 Å². The van der Waals surface area contributed by atoms with Crippen LogP contribution in [0.25, 0.3) is 11.1 Å². The van der Waals surface area contributed by atoms with Gasteiger partial charge in [0.15, 0.2) is 5.58 Å². The molecule has 1 aromatic heterocycles. The highest BCUT2D eigenvalue weighted by Gasteiger charge is 2.28.